The average molecular weight is 243 g/mol. The zero-order chi connectivity index (χ0) is 12.8. The van der Waals surface area contributed by atoms with Gasteiger partial charge in [-0.25, -0.2) is 4.98 Å². The predicted molar refractivity (Wildman–Crippen MR) is 70.3 cm³/mol. The van der Waals surface area contributed by atoms with Crippen LogP contribution in [0.15, 0.2) is 42.9 Å². The van der Waals surface area contributed by atoms with Gasteiger partial charge in [-0.15, -0.1) is 0 Å². The maximum atomic E-state index is 5.22. The fourth-order valence-electron chi connectivity index (χ4n) is 1.78. The van der Waals surface area contributed by atoms with Crippen LogP contribution in [0.4, 0.5) is 0 Å². The number of ether oxygens (including phenoxy) is 1. The highest BCUT2D eigenvalue weighted by atomic mass is 16.5. The first-order valence-electron chi connectivity index (χ1n) is 5.92. The summed E-state index contributed by atoms with van der Waals surface area (Å²) in [5.74, 6) is 0.673. The molecule has 2 aromatic rings. The lowest BCUT2D eigenvalue weighted by Gasteiger charge is -2.15. The molecule has 0 unspecified atom stereocenters. The fourth-order valence-corrected chi connectivity index (χ4v) is 1.78. The Morgan fingerprint density at radius 3 is 2.72 bits per heavy atom. The molecule has 0 aliphatic rings. The van der Waals surface area contributed by atoms with Gasteiger partial charge in [0.05, 0.1) is 7.11 Å². The van der Waals surface area contributed by atoms with E-state index in [1.165, 1.54) is 5.56 Å². The molecule has 2 aromatic heterocycles. The standard InChI is InChI=1S/C14H17N3O/c1-11(12-5-8-15-9-6-12)17-10-13-4-3-7-16-14(13)18-2/h3-9,11,17H,10H2,1-2H3/t11-/m0/s1. The molecule has 0 aliphatic heterocycles. The quantitative estimate of drug-likeness (QED) is 0.875. The third kappa shape index (κ3) is 3.05. The van der Waals surface area contributed by atoms with Crippen molar-refractivity contribution in [1.29, 1.82) is 0 Å². The molecule has 2 heterocycles. The van der Waals surface area contributed by atoms with Crippen molar-refractivity contribution in [3.8, 4) is 5.88 Å². The molecule has 0 aliphatic carbocycles. The minimum atomic E-state index is 0.262. The van der Waals surface area contributed by atoms with Crippen LogP contribution in [0.2, 0.25) is 0 Å². The average Bonchev–Trinajstić information content (AvgIpc) is 2.46. The lowest BCUT2D eigenvalue weighted by Crippen LogP contribution is -2.18. The van der Waals surface area contributed by atoms with Crippen molar-refractivity contribution in [3.05, 3.63) is 54.0 Å². The van der Waals surface area contributed by atoms with Gasteiger partial charge in [-0.2, -0.15) is 0 Å². The minimum Gasteiger partial charge on any atom is -0.481 e. The third-order valence-corrected chi connectivity index (χ3v) is 2.85. The van der Waals surface area contributed by atoms with E-state index in [1.807, 2.05) is 24.3 Å². The zero-order valence-electron chi connectivity index (χ0n) is 10.6. The zero-order valence-corrected chi connectivity index (χ0v) is 10.6. The Morgan fingerprint density at radius 1 is 1.22 bits per heavy atom. The summed E-state index contributed by atoms with van der Waals surface area (Å²) < 4.78 is 5.22. The number of methoxy groups -OCH3 is 1. The van der Waals surface area contributed by atoms with Crippen LogP contribution in [0.5, 0.6) is 5.88 Å². The molecule has 1 N–H and O–H groups in total. The molecule has 1 atom stereocenters. The van der Waals surface area contributed by atoms with Crippen LogP contribution in [-0.2, 0) is 6.54 Å². The predicted octanol–water partition coefficient (Wildman–Crippen LogP) is 2.34. The molecule has 4 nitrogen and oxygen atoms in total. The number of aromatic nitrogens is 2. The molecule has 18 heavy (non-hydrogen) atoms. The van der Waals surface area contributed by atoms with E-state index >= 15 is 0 Å². The Hall–Kier alpha value is -1.94. The lowest BCUT2D eigenvalue weighted by atomic mass is 10.1. The van der Waals surface area contributed by atoms with Crippen molar-refractivity contribution in [1.82, 2.24) is 15.3 Å². The van der Waals surface area contributed by atoms with Crippen molar-refractivity contribution < 1.29 is 4.74 Å². The van der Waals surface area contributed by atoms with E-state index in [9.17, 15) is 0 Å². The molecular formula is C14H17N3O. The third-order valence-electron chi connectivity index (χ3n) is 2.85. The van der Waals surface area contributed by atoms with Gasteiger partial charge in [0.2, 0.25) is 5.88 Å². The number of pyridine rings is 2. The first-order valence-corrected chi connectivity index (χ1v) is 5.92. The van der Waals surface area contributed by atoms with Crippen LogP contribution in [0.25, 0.3) is 0 Å². The maximum absolute atomic E-state index is 5.22. The van der Waals surface area contributed by atoms with Crippen LogP contribution in [0.1, 0.15) is 24.1 Å². The second kappa shape index (κ2) is 6.12. The number of rotatable bonds is 5. The summed E-state index contributed by atoms with van der Waals surface area (Å²) >= 11 is 0. The van der Waals surface area contributed by atoms with Gasteiger partial charge in [-0.05, 0) is 30.7 Å². The monoisotopic (exact) mass is 243 g/mol. The van der Waals surface area contributed by atoms with E-state index in [0.29, 0.717) is 5.88 Å². The van der Waals surface area contributed by atoms with Crippen molar-refractivity contribution in [2.75, 3.05) is 7.11 Å². The Kier molecular flexibility index (Phi) is 4.25. The normalized spacial score (nSPS) is 12.1. The van der Waals surface area contributed by atoms with Crippen LogP contribution in [0.3, 0.4) is 0 Å². The molecule has 4 heteroatoms. The highest BCUT2D eigenvalue weighted by Gasteiger charge is 2.07. The van der Waals surface area contributed by atoms with Gasteiger partial charge in [0.1, 0.15) is 0 Å². The van der Waals surface area contributed by atoms with Crippen molar-refractivity contribution in [3.63, 3.8) is 0 Å². The van der Waals surface area contributed by atoms with E-state index in [-0.39, 0.29) is 6.04 Å². The second-order valence-corrected chi connectivity index (χ2v) is 4.05. The molecule has 0 fully saturated rings. The van der Waals surface area contributed by atoms with Gasteiger partial charge >= 0.3 is 0 Å². The Bertz CT molecular complexity index is 487. The van der Waals surface area contributed by atoms with E-state index in [2.05, 4.69) is 22.2 Å². The van der Waals surface area contributed by atoms with E-state index in [0.717, 1.165) is 12.1 Å². The molecule has 0 radical (unpaired) electrons. The van der Waals surface area contributed by atoms with Crippen molar-refractivity contribution >= 4 is 0 Å². The molecule has 0 amide bonds. The molecular weight excluding hydrogens is 226 g/mol. The summed E-state index contributed by atoms with van der Waals surface area (Å²) in [6.45, 7) is 2.85. The maximum Gasteiger partial charge on any atom is 0.217 e. The first-order chi connectivity index (χ1) is 8.81. The van der Waals surface area contributed by atoms with Gasteiger partial charge in [-0.1, -0.05) is 6.07 Å². The topological polar surface area (TPSA) is 47.0 Å². The molecule has 2 rings (SSSR count). The van der Waals surface area contributed by atoms with Gasteiger partial charge in [0.25, 0.3) is 0 Å². The molecule has 0 aromatic carbocycles. The number of nitrogens with one attached hydrogen (secondary N) is 1. The summed E-state index contributed by atoms with van der Waals surface area (Å²) in [6, 6.07) is 8.21. The van der Waals surface area contributed by atoms with E-state index < -0.39 is 0 Å². The van der Waals surface area contributed by atoms with Gasteiger partial charge in [0.15, 0.2) is 0 Å². The SMILES string of the molecule is COc1ncccc1CN[C@@H](C)c1ccncc1. The van der Waals surface area contributed by atoms with Crippen molar-refractivity contribution in [2.45, 2.75) is 19.5 Å². The molecule has 94 valence electrons. The first kappa shape index (κ1) is 12.5. The minimum absolute atomic E-state index is 0.262. The summed E-state index contributed by atoms with van der Waals surface area (Å²) in [4.78, 5) is 8.19. The largest absolute Gasteiger partial charge is 0.481 e. The van der Waals surface area contributed by atoms with Gasteiger partial charge < -0.3 is 10.1 Å². The van der Waals surface area contributed by atoms with Gasteiger partial charge in [-0.3, -0.25) is 4.98 Å². The molecule has 0 saturated carbocycles. The number of nitrogens with zero attached hydrogens (tertiary/aromatic N) is 2. The smallest absolute Gasteiger partial charge is 0.217 e. The number of hydrogen-bond acceptors (Lipinski definition) is 4. The van der Waals surface area contributed by atoms with Crippen LogP contribution < -0.4 is 10.1 Å². The highest BCUT2D eigenvalue weighted by molar-refractivity contribution is 5.25. The summed E-state index contributed by atoms with van der Waals surface area (Å²) in [7, 11) is 1.64. The van der Waals surface area contributed by atoms with Crippen LogP contribution in [0, 0.1) is 0 Å². The van der Waals surface area contributed by atoms with E-state index in [4.69, 9.17) is 4.74 Å². The van der Waals surface area contributed by atoms with E-state index in [1.54, 1.807) is 25.7 Å². The summed E-state index contributed by atoms with van der Waals surface area (Å²) in [5.41, 5.74) is 2.27. The number of hydrogen-bond donors (Lipinski definition) is 1. The highest BCUT2D eigenvalue weighted by Crippen LogP contribution is 2.16. The van der Waals surface area contributed by atoms with Gasteiger partial charge in [0, 0.05) is 36.7 Å². The summed E-state index contributed by atoms with van der Waals surface area (Å²) in [6.07, 6.45) is 5.34. The molecule has 0 saturated heterocycles. The van der Waals surface area contributed by atoms with Crippen LogP contribution >= 0.6 is 0 Å². The van der Waals surface area contributed by atoms with Crippen LogP contribution in [-0.4, -0.2) is 17.1 Å². The fraction of sp³-hybridized carbons (Fsp3) is 0.286. The molecule has 0 bridgehead atoms. The molecule has 0 spiro atoms. The summed E-state index contributed by atoms with van der Waals surface area (Å²) in [5, 5.41) is 3.44. The second-order valence-electron chi connectivity index (χ2n) is 4.05. The van der Waals surface area contributed by atoms with Crippen molar-refractivity contribution in [2.24, 2.45) is 0 Å². The Labute approximate surface area is 107 Å². The lowest BCUT2D eigenvalue weighted by molar-refractivity contribution is 0.389. The Balaban J connectivity index is 1.99. The Morgan fingerprint density at radius 2 is 2.00 bits per heavy atom.